The van der Waals surface area contributed by atoms with Crippen LogP contribution in [-0.2, 0) is 20.7 Å². The fraction of sp³-hybridized carbons (Fsp3) is 0.462. The molecule has 0 radical (unpaired) electrons. The van der Waals surface area contributed by atoms with Gasteiger partial charge in [0.25, 0.3) is 5.91 Å². The average molecular weight is 439 g/mol. The van der Waals surface area contributed by atoms with Crippen LogP contribution in [0.25, 0.3) is 11.1 Å². The number of amides is 2. The highest BCUT2D eigenvalue weighted by molar-refractivity contribution is 5.86. The Balaban J connectivity index is 1.60. The topological polar surface area (TPSA) is 58.6 Å². The Morgan fingerprint density at radius 2 is 1.94 bits per heavy atom. The second kappa shape index (κ2) is 9.82. The van der Waals surface area contributed by atoms with Crippen LogP contribution < -0.4 is 5.32 Å². The third-order valence-electron chi connectivity index (χ3n) is 6.54. The predicted molar refractivity (Wildman–Crippen MR) is 121 cm³/mol. The van der Waals surface area contributed by atoms with Gasteiger partial charge < -0.3 is 15.0 Å². The van der Waals surface area contributed by atoms with Crippen LogP contribution >= 0.6 is 0 Å². The van der Waals surface area contributed by atoms with Gasteiger partial charge in [-0.2, -0.15) is 0 Å². The molecular weight excluding hydrogens is 407 g/mol. The van der Waals surface area contributed by atoms with E-state index < -0.39 is 5.41 Å². The number of benzene rings is 2. The fourth-order valence-electron chi connectivity index (χ4n) is 4.97. The van der Waals surface area contributed by atoms with Crippen molar-refractivity contribution in [2.75, 3.05) is 26.2 Å². The zero-order chi connectivity index (χ0) is 22.6. The molecule has 2 aliphatic heterocycles. The summed E-state index contributed by atoms with van der Waals surface area (Å²) in [6, 6.07) is 14.4. The van der Waals surface area contributed by atoms with Crippen molar-refractivity contribution in [2.24, 2.45) is 5.41 Å². The average Bonchev–Trinajstić information content (AvgIpc) is 3.34. The number of nitrogens with zero attached hydrogens (tertiary/aromatic N) is 1. The molecule has 0 unspecified atom stereocenters. The maximum Gasteiger partial charge on any atom is 0.251 e. The van der Waals surface area contributed by atoms with Crippen LogP contribution in [0, 0.1) is 11.2 Å². The molecular formula is C26H31FN2O3. The van der Waals surface area contributed by atoms with Gasteiger partial charge in [-0.15, -0.1) is 0 Å². The molecule has 1 N–H and O–H groups in total. The first kappa shape index (κ1) is 22.5. The van der Waals surface area contributed by atoms with Crippen LogP contribution in [0.5, 0.6) is 0 Å². The normalized spacial score (nSPS) is 23.2. The first-order valence-corrected chi connectivity index (χ1v) is 11.5. The second-order valence-electron chi connectivity index (χ2n) is 8.89. The molecule has 6 heteroatoms. The van der Waals surface area contributed by atoms with Crippen LogP contribution in [0.2, 0.25) is 0 Å². The van der Waals surface area contributed by atoms with Crippen molar-refractivity contribution in [3.8, 4) is 11.1 Å². The van der Waals surface area contributed by atoms with Crippen molar-refractivity contribution in [1.29, 1.82) is 0 Å². The Bertz CT molecular complexity index is 973. The predicted octanol–water partition coefficient (Wildman–Crippen LogP) is 3.96. The van der Waals surface area contributed by atoms with E-state index in [4.69, 9.17) is 4.74 Å². The lowest BCUT2D eigenvalue weighted by Crippen LogP contribution is -2.56. The Labute approximate surface area is 188 Å². The van der Waals surface area contributed by atoms with Crippen LogP contribution in [0.4, 0.5) is 4.39 Å². The fourth-order valence-corrected chi connectivity index (χ4v) is 4.97. The lowest BCUT2D eigenvalue weighted by molar-refractivity contribution is -0.148. The van der Waals surface area contributed by atoms with Gasteiger partial charge in [0.05, 0.1) is 5.41 Å². The Hall–Kier alpha value is -2.73. The summed E-state index contributed by atoms with van der Waals surface area (Å²) < 4.78 is 19.3. The van der Waals surface area contributed by atoms with E-state index in [0.717, 1.165) is 42.4 Å². The van der Waals surface area contributed by atoms with E-state index >= 15 is 0 Å². The molecule has 170 valence electrons. The number of ether oxygens (including phenoxy) is 1. The molecule has 2 aromatic rings. The van der Waals surface area contributed by atoms with Gasteiger partial charge in [0.2, 0.25) is 5.91 Å². The summed E-state index contributed by atoms with van der Waals surface area (Å²) in [7, 11) is 0. The molecule has 5 nitrogen and oxygen atoms in total. The van der Waals surface area contributed by atoms with Gasteiger partial charge in [0, 0.05) is 26.2 Å². The highest BCUT2D eigenvalue weighted by Crippen LogP contribution is 2.36. The third-order valence-corrected chi connectivity index (χ3v) is 6.54. The number of carbonyl (C=O) groups is 2. The molecule has 2 aliphatic rings. The molecule has 0 saturated carbocycles. The van der Waals surface area contributed by atoms with Crippen molar-refractivity contribution in [3.63, 3.8) is 0 Å². The first-order valence-electron chi connectivity index (χ1n) is 11.5. The zero-order valence-electron chi connectivity index (χ0n) is 18.6. The van der Waals surface area contributed by atoms with Crippen LogP contribution in [0.15, 0.2) is 48.5 Å². The quantitative estimate of drug-likeness (QED) is 0.743. The zero-order valence-corrected chi connectivity index (χ0v) is 18.6. The van der Waals surface area contributed by atoms with Crippen molar-refractivity contribution in [3.05, 3.63) is 59.9 Å². The van der Waals surface area contributed by atoms with Crippen molar-refractivity contribution in [1.82, 2.24) is 10.2 Å². The Morgan fingerprint density at radius 3 is 2.66 bits per heavy atom. The standard InChI is InChI=1S/C26H31FN2O3/c1-2-28-25(31)26(12-6-13-29(18-26)24(30)23-11-5-14-32-23)17-19-7-3-8-20(15-19)21-9-4-10-22(27)16-21/h3-4,7-10,15-16,23H,2,5-6,11-14,17-18H2,1H3,(H,28,31)/t23-,26+/m1/s1. The van der Waals surface area contributed by atoms with Gasteiger partial charge in [-0.1, -0.05) is 36.4 Å². The van der Waals surface area contributed by atoms with E-state index in [2.05, 4.69) is 5.32 Å². The Kier molecular flexibility index (Phi) is 6.89. The van der Waals surface area contributed by atoms with E-state index in [1.807, 2.05) is 42.2 Å². The number of nitrogens with one attached hydrogen (secondary N) is 1. The lowest BCUT2D eigenvalue weighted by Gasteiger charge is -2.42. The molecule has 0 aliphatic carbocycles. The van der Waals surface area contributed by atoms with Gasteiger partial charge in [-0.25, -0.2) is 4.39 Å². The first-order chi connectivity index (χ1) is 15.5. The number of hydrogen-bond donors (Lipinski definition) is 1. The van der Waals surface area contributed by atoms with Crippen molar-refractivity contribution < 1.29 is 18.7 Å². The van der Waals surface area contributed by atoms with E-state index in [0.29, 0.717) is 32.7 Å². The van der Waals surface area contributed by atoms with E-state index in [-0.39, 0.29) is 23.7 Å². The molecule has 0 spiro atoms. The van der Waals surface area contributed by atoms with E-state index in [1.54, 1.807) is 6.07 Å². The number of hydrogen-bond acceptors (Lipinski definition) is 3. The maximum absolute atomic E-state index is 13.7. The summed E-state index contributed by atoms with van der Waals surface area (Å²) >= 11 is 0. The largest absolute Gasteiger partial charge is 0.368 e. The van der Waals surface area contributed by atoms with Crippen LogP contribution in [-0.4, -0.2) is 49.1 Å². The minimum absolute atomic E-state index is 0.00406. The number of halogens is 1. The van der Waals surface area contributed by atoms with Gasteiger partial charge in [-0.3, -0.25) is 9.59 Å². The van der Waals surface area contributed by atoms with Gasteiger partial charge in [-0.05, 0) is 67.9 Å². The molecule has 2 saturated heterocycles. The molecule has 2 atom stereocenters. The van der Waals surface area contributed by atoms with E-state index in [1.165, 1.54) is 12.1 Å². The summed E-state index contributed by atoms with van der Waals surface area (Å²) in [5.41, 5.74) is 2.03. The molecule has 0 aromatic heterocycles. The second-order valence-corrected chi connectivity index (χ2v) is 8.89. The number of carbonyl (C=O) groups excluding carboxylic acids is 2. The SMILES string of the molecule is CCNC(=O)[C@]1(Cc2cccc(-c3cccc(F)c3)c2)CCCN(C(=O)[C@H]2CCCO2)C1. The van der Waals surface area contributed by atoms with Gasteiger partial charge >= 0.3 is 0 Å². The summed E-state index contributed by atoms with van der Waals surface area (Å²) in [4.78, 5) is 28.1. The minimum atomic E-state index is -0.691. The molecule has 2 fully saturated rings. The monoisotopic (exact) mass is 438 g/mol. The van der Waals surface area contributed by atoms with Gasteiger partial charge in [0.15, 0.2) is 0 Å². The van der Waals surface area contributed by atoms with E-state index in [9.17, 15) is 14.0 Å². The highest BCUT2D eigenvalue weighted by atomic mass is 19.1. The number of piperidine rings is 1. The van der Waals surface area contributed by atoms with Gasteiger partial charge in [0.1, 0.15) is 11.9 Å². The summed E-state index contributed by atoms with van der Waals surface area (Å²) in [6.07, 6.45) is 3.29. The summed E-state index contributed by atoms with van der Waals surface area (Å²) in [5.74, 6) is -0.285. The maximum atomic E-state index is 13.7. The van der Waals surface area contributed by atoms with Crippen molar-refractivity contribution >= 4 is 11.8 Å². The summed E-state index contributed by atoms with van der Waals surface area (Å²) in [5, 5.41) is 3.00. The summed E-state index contributed by atoms with van der Waals surface area (Å²) in [6.45, 7) is 4.13. The minimum Gasteiger partial charge on any atom is -0.368 e. The van der Waals surface area contributed by atoms with Crippen LogP contribution in [0.3, 0.4) is 0 Å². The molecule has 2 aromatic carbocycles. The smallest absolute Gasteiger partial charge is 0.251 e. The lowest BCUT2D eigenvalue weighted by atomic mass is 9.73. The third kappa shape index (κ3) is 4.85. The number of rotatable bonds is 6. The molecule has 4 rings (SSSR count). The number of likely N-dealkylation sites (tertiary alicyclic amines) is 1. The van der Waals surface area contributed by atoms with Crippen molar-refractivity contribution in [2.45, 2.75) is 45.1 Å². The molecule has 32 heavy (non-hydrogen) atoms. The highest BCUT2D eigenvalue weighted by Gasteiger charge is 2.44. The Morgan fingerprint density at radius 1 is 1.16 bits per heavy atom. The molecule has 0 bridgehead atoms. The molecule has 2 heterocycles. The molecule has 2 amide bonds. The van der Waals surface area contributed by atoms with Crippen LogP contribution in [0.1, 0.15) is 38.2 Å².